The predicted octanol–water partition coefficient (Wildman–Crippen LogP) is 6.26. The second-order valence-electron chi connectivity index (χ2n) is 8.38. The number of hydrogen-bond acceptors (Lipinski definition) is 2. The van der Waals surface area contributed by atoms with Gasteiger partial charge in [0.25, 0.3) is 0 Å². The molecule has 0 bridgehead atoms. The second kappa shape index (κ2) is 7.34. The Morgan fingerprint density at radius 1 is 0.938 bits per heavy atom. The Morgan fingerprint density at radius 2 is 1.72 bits per heavy atom. The minimum Gasteiger partial charge on any atom is -0.460 e. The molecule has 0 atom stereocenters. The van der Waals surface area contributed by atoms with Gasteiger partial charge in [0.05, 0.1) is 0 Å². The van der Waals surface area contributed by atoms with E-state index in [-0.39, 0.29) is 5.84 Å². The molecule has 0 fully saturated rings. The van der Waals surface area contributed by atoms with Crippen LogP contribution in [0.15, 0.2) is 76.2 Å². The first-order valence-electron chi connectivity index (χ1n) is 11.1. The molecule has 156 valence electrons. The number of allylic oxidation sites excluding steroid dienone is 2. The lowest BCUT2D eigenvalue weighted by Crippen LogP contribution is -2.18. The van der Waals surface area contributed by atoms with Crippen LogP contribution in [0.1, 0.15) is 40.9 Å². The number of aryl methyl sites for hydroxylation is 2. The van der Waals surface area contributed by atoms with E-state index in [1.165, 1.54) is 16.5 Å². The maximum absolute atomic E-state index is 8.82. The topological polar surface area (TPSA) is 75.4 Å². The smallest absolute Gasteiger partial charge is 0.154 e. The highest BCUT2D eigenvalue weighted by molar-refractivity contribution is 6.29. The van der Waals surface area contributed by atoms with Crippen molar-refractivity contribution < 1.29 is 4.42 Å². The number of amidine groups is 2. The van der Waals surface area contributed by atoms with Crippen molar-refractivity contribution in [3.63, 3.8) is 0 Å². The van der Waals surface area contributed by atoms with E-state index >= 15 is 0 Å². The van der Waals surface area contributed by atoms with Crippen LogP contribution < -0.4 is 5.73 Å². The van der Waals surface area contributed by atoms with Crippen molar-refractivity contribution in [2.24, 2.45) is 10.7 Å². The van der Waals surface area contributed by atoms with Crippen molar-refractivity contribution in [2.45, 2.75) is 25.7 Å². The predicted molar refractivity (Wildman–Crippen MR) is 132 cm³/mol. The second-order valence-corrected chi connectivity index (χ2v) is 8.38. The quantitative estimate of drug-likeness (QED) is 0.298. The van der Waals surface area contributed by atoms with Crippen LogP contribution in [0.4, 0.5) is 0 Å². The first-order chi connectivity index (χ1) is 15.7. The number of fused-ring (bicyclic) bond motifs is 6. The Balaban J connectivity index is 1.46. The van der Waals surface area contributed by atoms with E-state index in [1.54, 1.807) is 0 Å². The number of hydrogen-bond donors (Lipinski definition) is 2. The van der Waals surface area contributed by atoms with Gasteiger partial charge in [-0.1, -0.05) is 60.7 Å². The van der Waals surface area contributed by atoms with E-state index in [2.05, 4.69) is 47.5 Å². The number of rotatable bonds is 2. The molecule has 6 rings (SSSR count). The first kappa shape index (κ1) is 18.8. The van der Waals surface area contributed by atoms with Crippen LogP contribution in [0.3, 0.4) is 0 Å². The monoisotopic (exact) mass is 417 g/mol. The Kier molecular flexibility index (Phi) is 4.32. The highest BCUT2D eigenvalue weighted by Crippen LogP contribution is 2.37. The van der Waals surface area contributed by atoms with Crippen LogP contribution in [0.2, 0.25) is 0 Å². The number of para-hydroxylation sites is 1. The van der Waals surface area contributed by atoms with Crippen molar-refractivity contribution in [3.8, 4) is 0 Å². The van der Waals surface area contributed by atoms with Crippen LogP contribution in [-0.2, 0) is 12.8 Å². The summed E-state index contributed by atoms with van der Waals surface area (Å²) in [5.74, 6) is 1.48. The number of nitrogens with zero attached hydrogens (tertiary/aromatic N) is 1. The number of benzene rings is 3. The largest absolute Gasteiger partial charge is 0.460 e. The van der Waals surface area contributed by atoms with Crippen molar-refractivity contribution in [3.05, 3.63) is 94.8 Å². The molecule has 0 saturated heterocycles. The van der Waals surface area contributed by atoms with Gasteiger partial charge >= 0.3 is 0 Å². The van der Waals surface area contributed by atoms with Crippen LogP contribution in [0.25, 0.3) is 33.4 Å². The summed E-state index contributed by atoms with van der Waals surface area (Å²) in [4.78, 5) is 4.60. The summed E-state index contributed by atoms with van der Waals surface area (Å²) < 4.78 is 6.06. The van der Waals surface area contributed by atoms with Gasteiger partial charge in [0, 0.05) is 28.5 Å². The van der Waals surface area contributed by atoms with Crippen molar-refractivity contribution in [1.82, 2.24) is 0 Å². The van der Waals surface area contributed by atoms with E-state index < -0.39 is 0 Å². The SMILES string of the molecule is N=C(N=C(N)c1cc2c(c3ccccc13)C=CCC2)C1=CCCc2oc3ccccc3c21. The summed E-state index contributed by atoms with van der Waals surface area (Å²) >= 11 is 0. The number of furan rings is 1. The van der Waals surface area contributed by atoms with Gasteiger partial charge in [-0.15, -0.1) is 0 Å². The molecule has 0 aliphatic heterocycles. The Morgan fingerprint density at radius 3 is 2.59 bits per heavy atom. The summed E-state index contributed by atoms with van der Waals surface area (Å²) in [6, 6.07) is 18.4. The lowest BCUT2D eigenvalue weighted by atomic mass is 9.89. The van der Waals surface area contributed by atoms with Gasteiger partial charge in [-0.05, 0) is 53.3 Å². The van der Waals surface area contributed by atoms with Gasteiger partial charge in [0.1, 0.15) is 17.2 Å². The van der Waals surface area contributed by atoms with Crippen LogP contribution in [-0.4, -0.2) is 11.7 Å². The van der Waals surface area contributed by atoms with Crippen molar-refractivity contribution >= 4 is 45.1 Å². The molecule has 4 nitrogen and oxygen atoms in total. The Hall–Kier alpha value is -3.92. The average molecular weight is 418 g/mol. The molecular weight excluding hydrogens is 394 g/mol. The molecule has 0 amide bonds. The van der Waals surface area contributed by atoms with Crippen LogP contribution >= 0.6 is 0 Å². The summed E-state index contributed by atoms with van der Waals surface area (Å²) in [5.41, 5.74) is 12.6. The van der Waals surface area contributed by atoms with E-state index in [0.29, 0.717) is 5.84 Å². The molecule has 0 saturated carbocycles. The van der Waals surface area contributed by atoms with Crippen molar-refractivity contribution in [2.75, 3.05) is 0 Å². The molecular formula is C28H23N3O. The van der Waals surface area contributed by atoms with Crippen molar-refractivity contribution in [1.29, 1.82) is 5.41 Å². The summed E-state index contributed by atoms with van der Waals surface area (Å²) in [6.45, 7) is 0. The molecule has 1 aromatic heterocycles. The highest BCUT2D eigenvalue weighted by Gasteiger charge is 2.23. The van der Waals surface area contributed by atoms with Crippen LogP contribution in [0, 0.1) is 5.41 Å². The minimum absolute atomic E-state index is 0.178. The number of nitrogens with two attached hydrogens (primary N) is 1. The van der Waals surface area contributed by atoms with Gasteiger partial charge in [-0.3, -0.25) is 5.41 Å². The fraction of sp³-hybridized carbons (Fsp3) is 0.143. The third-order valence-corrected chi connectivity index (χ3v) is 6.46. The zero-order chi connectivity index (χ0) is 21.7. The van der Waals surface area contributed by atoms with E-state index in [1.807, 2.05) is 30.3 Å². The van der Waals surface area contributed by atoms with Gasteiger partial charge in [0.2, 0.25) is 0 Å². The lowest BCUT2D eigenvalue weighted by molar-refractivity contribution is 0.546. The third-order valence-electron chi connectivity index (χ3n) is 6.46. The van der Waals surface area contributed by atoms with E-state index in [0.717, 1.165) is 64.5 Å². The molecule has 3 aromatic carbocycles. The molecule has 2 aliphatic carbocycles. The molecule has 32 heavy (non-hydrogen) atoms. The summed E-state index contributed by atoms with van der Waals surface area (Å²) in [6.07, 6.45) is 10.2. The fourth-order valence-electron chi connectivity index (χ4n) is 4.98. The molecule has 0 spiro atoms. The standard InChI is InChI=1S/C28H23N3O/c29-27(22-13-7-15-25-26(22)21-12-5-6-14-24(21)32-25)31-28(30)23-16-17-8-1-2-9-18(17)19-10-3-4-11-20(19)23/h2-6,9-14,16H,1,7-8,15H2,(H3,29,30,31). The average Bonchev–Trinajstić information content (AvgIpc) is 3.22. The molecule has 3 N–H and O–H groups in total. The molecule has 1 heterocycles. The van der Waals surface area contributed by atoms with Crippen LogP contribution in [0.5, 0.6) is 0 Å². The zero-order valence-electron chi connectivity index (χ0n) is 17.7. The molecule has 4 aromatic rings. The molecule has 2 aliphatic rings. The third kappa shape index (κ3) is 2.91. The number of nitrogens with one attached hydrogen (secondary N) is 1. The maximum Gasteiger partial charge on any atom is 0.154 e. The maximum atomic E-state index is 8.82. The molecule has 0 unspecified atom stereocenters. The fourth-order valence-corrected chi connectivity index (χ4v) is 4.98. The summed E-state index contributed by atoms with van der Waals surface area (Å²) in [7, 11) is 0. The lowest BCUT2D eigenvalue weighted by Gasteiger charge is -2.17. The molecule has 4 heteroatoms. The zero-order valence-corrected chi connectivity index (χ0v) is 17.7. The summed E-state index contributed by atoms with van der Waals surface area (Å²) in [5, 5.41) is 12.1. The number of aliphatic imine (C=N–C) groups is 1. The first-order valence-corrected chi connectivity index (χ1v) is 11.1. The Bertz CT molecular complexity index is 1500. The van der Waals surface area contributed by atoms with Gasteiger partial charge in [-0.25, -0.2) is 4.99 Å². The normalized spacial score (nSPS) is 15.5. The molecule has 0 radical (unpaired) electrons. The Labute approximate surface area is 186 Å². The minimum atomic E-state index is 0.178. The van der Waals surface area contributed by atoms with Gasteiger partial charge in [0.15, 0.2) is 5.84 Å². The van der Waals surface area contributed by atoms with Gasteiger partial charge in [-0.2, -0.15) is 0 Å². The van der Waals surface area contributed by atoms with E-state index in [4.69, 9.17) is 15.6 Å². The van der Waals surface area contributed by atoms with E-state index in [9.17, 15) is 0 Å². The highest BCUT2D eigenvalue weighted by atomic mass is 16.3. The van der Waals surface area contributed by atoms with Gasteiger partial charge < -0.3 is 10.2 Å².